The van der Waals surface area contributed by atoms with Crippen molar-refractivity contribution in [2.75, 3.05) is 10.2 Å². The maximum atomic E-state index is 13.3. The lowest BCUT2D eigenvalue weighted by Gasteiger charge is -2.37. The molecule has 4 N–H and O–H groups in total. The van der Waals surface area contributed by atoms with E-state index in [0.717, 1.165) is 42.8 Å². The number of pyridine rings is 1. The minimum absolute atomic E-state index is 0.0113. The van der Waals surface area contributed by atoms with Gasteiger partial charge in [0.05, 0.1) is 5.56 Å². The molecule has 0 radical (unpaired) electrons. The van der Waals surface area contributed by atoms with Crippen LogP contribution in [0.4, 0.5) is 16.3 Å². The summed E-state index contributed by atoms with van der Waals surface area (Å²) in [6.07, 6.45) is 4.92. The third-order valence-electron chi connectivity index (χ3n) is 6.24. The van der Waals surface area contributed by atoms with E-state index in [4.69, 9.17) is 11.0 Å². The maximum absolute atomic E-state index is 13.3. The van der Waals surface area contributed by atoms with Gasteiger partial charge in [0, 0.05) is 36.1 Å². The van der Waals surface area contributed by atoms with Gasteiger partial charge in [0.25, 0.3) is 0 Å². The monoisotopic (exact) mass is 468 g/mol. The number of carbonyl (C=O) groups is 2. The summed E-state index contributed by atoms with van der Waals surface area (Å²) in [7, 11) is 0. The number of urea groups is 1. The molecule has 4 rings (SSSR count). The van der Waals surface area contributed by atoms with Crippen LogP contribution in [0.1, 0.15) is 47.2 Å². The van der Waals surface area contributed by atoms with Crippen molar-refractivity contribution in [1.82, 2.24) is 10.3 Å². The summed E-state index contributed by atoms with van der Waals surface area (Å²) >= 11 is 0. The van der Waals surface area contributed by atoms with E-state index in [2.05, 4.69) is 21.7 Å². The maximum Gasteiger partial charge on any atom is 0.322 e. The van der Waals surface area contributed by atoms with E-state index in [1.165, 1.54) is 0 Å². The van der Waals surface area contributed by atoms with Crippen molar-refractivity contribution < 1.29 is 9.59 Å². The van der Waals surface area contributed by atoms with Crippen LogP contribution in [-0.2, 0) is 6.54 Å². The third kappa shape index (κ3) is 6.15. The molecule has 0 spiro atoms. The highest BCUT2D eigenvalue weighted by molar-refractivity contribution is 5.95. The summed E-state index contributed by atoms with van der Waals surface area (Å²) in [4.78, 5) is 30.9. The first-order chi connectivity index (χ1) is 17.0. The first-order valence-electron chi connectivity index (χ1n) is 11.7. The Morgan fingerprint density at radius 2 is 1.71 bits per heavy atom. The number of primary amides is 1. The third-order valence-corrected chi connectivity index (χ3v) is 6.24. The van der Waals surface area contributed by atoms with Crippen LogP contribution in [0.3, 0.4) is 0 Å². The smallest absolute Gasteiger partial charge is 0.322 e. The molecule has 2 aromatic carbocycles. The quantitative estimate of drug-likeness (QED) is 0.480. The van der Waals surface area contributed by atoms with Gasteiger partial charge in [-0.3, -0.25) is 9.69 Å². The lowest BCUT2D eigenvalue weighted by molar-refractivity contribution is 0.100. The van der Waals surface area contributed by atoms with Gasteiger partial charge in [-0.05, 0) is 67.6 Å². The van der Waals surface area contributed by atoms with Crippen molar-refractivity contribution in [1.29, 1.82) is 5.26 Å². The number of aromatic nitrogens is 1. The van der Waals surface area contributed by atoms with Gasteiger partial charge in [0.15, 0.2) is 0 Å². The van der Waals surface area contributed by atoms with Crippen molar-refractivity contribution in [3.8, 4) is 6.07 Å². The molecule has 1 aliphatic carbocycles. The van der Waals surface area contributed by atoms with Crippen LogP contribution in [-0.4, -0.2) is 29.0 Å². The fourth-order valence-corrected chi connectivity index (χ4v) is 4.37. The fourth-order valence-electron chi connectivity index (χ4n) is 4.37. The molecule has 1 fully saturated rings. The van der Waals surface area contributed by atoms with Crippen molar-refractivity contribution >= 4 is 23.4 Å². The second-order valence-electron chi connectivity index (χ2n) is 8.62. The van der Waals surface area contributed by atoms with E-state index in [9.17, 15) is 9.59 Å². The second kappa shape index (κ2) is 11.2. The molecule has 0 bridgehead atoms. The zero-order valence-corrected chi connectivity index (χ0v) is 19.4. The highest BCUT2D eigenvalue weighted by Gasteiger charge is 2.30. The molecule has 35 heavy (non-hydrogen) atoms. The minimum Gasteiger partial charge on any atom is -0.367 e. The van der Waals surface area contributed by atoms with Crippen LogP contribution in [0.25, 0.3) is 0 Å². The summed E-state index contributed by atoms with van der Waals surface area (Å²) in [5, 5.41) is 15.4. The van der Waals surface area contributed by atoms with E-state index in [1.807, 2.05) is 36.4 Å². The van der Waals surface area contributed by atoms with E-state index in [0.29, 0.717) is 17.7 Å². The molecule has 0 saturated heterocycles. The molecule has 8 nitrogen and oxygen atoms in total. The Hall–Kier alpha value is -4.38. The highest BCUT2D eigenvalue weighted by Crippen LogP contribution is 2.29. The average Bonchev–Trinajstić information content (AvgIpc) is 2.90. The van der Waals surface area contributed by atoms with Crippen molar-refractivity contribution in [3.05, 3.63) is 89.6 Å². The van der Waals surface area contributed by atoms with Crippen LogP contribution < -0.4 is 21.3 Å². The summed E-state index contributed by atoms with van der Waals surface area (Å²) in [5.74, 6) is 0.242. The first-order valence-corrected chi connectivity index (χ1v) is 11.7. The molecule has 0 unspecified atom stereocenters. The van der Waals surface area contributed by atoms with Crippen molar-refractivity contribution in [3.63, 3.8) is 0 Å². The Bertz CT molecular complexity index is 1180. The number of carbonyl (C=O) groups excluding carboxylic acids is 2. The number of nitrogens with zero attached hydrogens (tertiary/aromatic N) is 3. The van der Waals surface area contributed by atoms with E-state index < -0.39 is 5.91 Å². The number of nitrogens with two attached hydrogens (primary N) is 1. The van der Waals surface area contributed by atoms with Gasteiger partial charge in [0.1, 0.15) is 11.9 Å². The number of nitrogens with one attached hydrogen (secondary N) is 2. The number of nitriles is 1. The molecule has 178 valence electrons. The van der Waals surface area contributed by atoms with Gasteiger partial charge in [-0.2, -0.15) is 5.26 Å². The average molecular weight is 469 g/mol. The normalized spacial score (nSPS) is 17.1. The minimum atomic E-state index is -0.500. The molecule has 3 amide bonds. The molecule has 1 aromatic heterocycles. The predicted molar refractivity (Wildman–Crippen MR) is 135 cm³/mol. The second-order valence-corrected chi connectivity index (χ2v) is 8.62. The molecule has 0 aliphatic heterocycles. The Balaban J connectivity index is 1.44. The SMILES string of the molecule is N#Cc1ccc(NC2CCC(N(C(=O)NCc3ccccc3)c3ccc(C(N)=O)cc3)CC2)nc1. The summed E-state index contributed by atoms with van der Waals surface area (Å²) in [6.45, 7) is 0.427. The largest absolute Gasteiger partial charge is 0.367 e. The number of anilines is 2. The number of benzene rings is 2. The van der Waals surface area contributed by atoms with Crippen molar-refractivity contribution in [2.24, 2.45) is 5.73 Å². The Morgan fingerprint density at radius 3 is 2.31 bits per heavy atom. The van der Waals surface area contributed by atoms with Crippen LogP contribution in [0.2, 0.25) is 0 Å². The van der Waals surface area contributed by atoms with Gasteiger partial charge in [-0.1, -0.05) is 30.3 Å². The Kier molecular flexibility index (Phi) is 7.58. The summed E-state index contributed by atoms with van der Waals surface area (Å²) < 4.78 is 0. The predicted octanol–water partition coefficient (Wildman–Crippen LogP) is 4.19. The number of amides is 3. The lowest BCUT2D eigenvalue weighted by Crippen LogP contribution is -2.48. The van der Waals surface area contributed by atoms with Crippen LogP contribution in [0, 0.1) is 11.3 Å². The van der Waals surface area contributed by atoms with E-state index >= 15 is 0 Å². The highest BCUT2D eigenvalue weighted by atomic mass is 16.2. The molecule has 1 saturated carbocycles. The number of hydrogen-bond donors (Lipinski definition) is 3. The lowest BCUT2D eigenvalue weighted by atomic mass is 9.89. The molecular weight excluding hydrogens is 440 g/mol. The first kappa shape index (κ1) is 23.8. The number of hydrogen-bond acceptors (Lipinski definition) is 5. The standard InChI is InChI=1S/C27H28N6O2/c28-16-20-6-15-25(30-18-20)32-22-9-13-24(14-10-22)33(23-11-7-21(8-12-23)26(29)34)27(35)31-17-19-4-2-1-3-5-19/h1-8,11-12,15,18,22,24H,9-10,13-14,17H2,(H2,29,34)(H,30,32)(H,31,35). The molecule has 0 atom stereocenters. The Morgan fingerprint density at radius 1 is 1.00 bits per heavy atom. The molecular formula is C27H28N6O2. The zero-order valence-electron chi connectivity index (χ0n) is 19.4. The molecule has 1 heterocycles. The van der Waals surface area contributed by atoms with Gasteiger partial charge < -0.3 is 16.4 Å². The molecule has 8 heteroatoms. The van der Waals surface area contributed by atoms with Crippen LogP contribution >= 0.6 is 0 Å². The molecule has 1 aliphatic rings. The fraction of sp³-hybridized carbons (Fsp3) is 0.259. The van der Waals surface area contributed by atoms with Crippen molar-refractivity contribution in [2.45, 2.75) is 44.3 Å². The van der Waals surface area contributed by atoms with Crippen LogP contribution in [0.5, 0.6) is 0 Å². The summed E-state index contributed by atoms with van der Waals surface area (Å²) in [6, 6.07) is 22.3. The van der Waals surface area contributed by atoms with Gasteiger partial charge in [0.2, 0.25) is 5.91 Å². The topological polar surface area (TPSA) is 124 Å². The summed E-state index contributed by atoms with van der Waals surface area (Å²) in [5.41, 5.74) is 8.07. The van der Waals surface area contributed by atoms with Gasteiger partial charge in [-0.25, -0.2) is 9.78 Å². The van der Waals surface area contributed by atoms with Crippen LogP contribution in [0.15, 0.2) is 72.9 Å². The van der Waals surface area contributed by atoms with E-state index in [-0.39, 0.29) is 18.1 Å². The van der Waals surface area contributed by atoms with E-state index in [1.54, 1.807) is 41.4 Å². The molecule has 3 aromatic rings. The zero-order chi connectivity index (χ0) is 24.6. The number of rotatable bonds is 7. The Labute approximate surface area is 204 Å². The van der Waals surface area contributed by atoms with Gasteiger partial charge >= 0.3 is 6.03 Å². The van der Waals surface area contributed by atoms with Gasteiger partial charge in [-0.15, -0.1) is 0 Å².